The molecule has 3 aromatic rings. The largest absolute Gasteiger partial charge is 0.481 e. The molecule has 2 fully saturated rings. The molecule has 0 amide bonds. The minimum atomic E-state index is -1.11. The molecule has 2 heterocycles. The lowest BCUT2D eigenvalue weighted by Crippen LogP contribution is -2.44. The van der Waals surface area contributed by atoms with Crippen LogP contribution in [0.1, 0.15) is 74.6 Å². The van der Waals surface area contributed by atoms with Crippen LogP contribution in [-0.4, -0.2) is 31.1 Å². The van der Waals surface area contributed by atoms with Crippen LogP contribution in [0.2, 0.25) is 0 Å². The van der Waals surface area contributed by atoms with E-state index < -0.39 is 22.9 Å². The Bertz CT molecular complexity index is 1250. The van der Waals surface area contributed by atoms with Crippen molar-refractivity contribution >= 4 is 28.9 Å². The van der Waals surface area contributed by atoms with Crippen molar-refractivity contribution in [2.24, 2.45) is 11.3 Å². The molecule has 5 rings (SSSR count). The number of aromatic nitrogens is 3. The summed E-state index contributed by atoms with van der Waals surface area (Å²) in [7, 11) is 0. The standard InChI is InChI=1S/C27H32N4O3S/c1-16-11-18(13-19(12-16)30-25-28-10-8-21(31-25)17-5-4-6-17)22-14-29-24(35-22)27(34)9-7-20(23(32)33)26(2,3)15-27/h8,10-14,17,20,34H,4-7,9,15H2,1-3H3,(H,32,33)(H,28,30,31)/t20-,27-/m1/s1. The summed E-state index contributed by atoms with van der Waals surface area (Å²) in [6.45, 7) is 5.89. The van der Waals surface area contributed by atoms with Crippen LogP contribution in [0.4, 0.5) is 11.6 Å². The highest BCUT2D eigenvalue weighted by atomic mass is 32.1. The van der Waals surface area contributed by atoms with Gasteiger partial charge in [0.1, 0.15) is 10.6 Å². The monoisotopic (exact) mass is 492 g/mol. The van der Waals surface area contributed by atoms with Gasteiger partial charge in [-0.15, -0.1) is 11.3 Å². The number of aryl methyl sites for hydroxylation is 1. The van der Waals surface area contributed by atoms with E-state index >= 15 is 0 Å². The highest BCUT2D eigenvalue weighted by molar-refractivity contribution is 7.15. The van der Waals surface area contributed by atoms with Crippen LogP contribution >= 0.6 is 11.3 Å². The number of carbonyl (C=O) groups is 1. The van der Waals surface area contributed by atoms with Gasteiger partial charge in [-0.05, 0) is 73.8 Å². The van der Waals surface area contributed by atoms with Gasteiger partial charge in [-0.3, -0.25) is 4.79 Å². The molecular formula is C27H32N4O3S. The molecule has 2 aliphatic rings. The van der Waals surface area contributed by atoms with Crippen LogP contribution in [0.5, 0.6) is 0 Å². The molecule has 0 radical (unpaired) electrons. The third-order valence-corrected chi connectivity index (χ3v) is 8.80. The number of anilines is 2. The first-order valence-electron chi connectivity index (χ1n) is 12.3. The summed E-state index contributed by atoms with van der Waals surface area (Å²) in [5.74, 6) is -0.109. The van der Waals surface area contributed by atoms with E-state index in [0.717, 1.165) is 27.4 Å². The Labute approximate surface area is 209 Å². The van der Waals surface area contributed by atoms with Gasteiger partial charge < -0.3 is 15.5 Å². The van der Waals surface area contributed by atoms with Gasteiger partial charge >= 0.3 is 5.97 Å². The third-order valence-electron chi connectivity index (χ3n) is 7.56. The normalized spacial score (nSPS) is 24.1. The molecule has 2 atom stereocenters. The molecule has 0 saturated heterocycles. The number of hydrogen-bond acceptors (Lipinski definition) is 7. The van der Waals surface area contributed by atoms with Crippen molar-refractivity contribution in [1.82, 2.24) is 15.0 Å². The zero-order valence-corrected chi connectivity index (χ0v) is 21.2. The summed E-state index contributed by atoms with van der Waals surface area (Å²) in [5, 5.41) is 25.0. The zero-order chi connectivity index (χ0) is 24.8. The van der Waals surface area contributed by atoms with Gasteiger partial charge in [0.2, 0.25) is 5.95 Å². The number of hydrogen-bond donors (Lipinski definition) is 3. The maximum absolute atomic E-state index is 11.7. The summed E-state index contributed by atoms with van der Waals surface area (Å²) < 4.78 is 0. The molecule has 0 spiro atoms. The fraction of sp³-hybridized carbons (Fsp3) is 0.481. The molecule has 0 bridgehead atoms. The number of nitrogens with zero attached hydrogens (tertiary/aromatic N) is 3. The number of thiazole rings is 1. The van der Waals surface area contributed by atoms with Gasteiger partial charge in [0.25, 0.3) is 0 Å². The van der Waals surface area contributed by atoms with Crippen LogP contribution < -0.4 is 5.32 Å². The second-order valence-electron chi connectivity index (χ2n) is 10.8. The van der Waals surface area contributed by atoms with Crippen LogP contribution in [0.3, 0.4) is 0 Å². The molecule has 0 unspecified atom stereocenters. The molecule has 0 aliphatic heterocycles. The summed E-state index contributed by atoms with van der Waals surface area (Å²) in [5.41, 5.74) is 2.48. The number of aliphatic carboxylic acids is 1. The van der Waals surface area contributed by atoms with Crippen LogP contribution in [0.15, 0.2) is 36.7 Å². The lowest BCUT2D eigenvalue weighted by molar-refractivity contribution is -0.154. The predicted octanol–water partition coefficient (Wildman–Crippen LogP) is 6.02. The summed E-state index contributed by atoms with van der Waals surface area (Å²) in [6, 6.07) is 8.22. The first kappa shape index (κ1) is 23.9. The zero-order valence-electron chi connectivity index (χ0n) is 20.4. The van der Waals surface area contributed by atoms with E-state index in [9.17, 15) is 15.0 Å². The Morgan fingerprint density at radius 1 is 1.17 bits per heavy atom. The Morgan fingerprint density at radius 3 is 2.66 bits per heavy atom. The molecule has 2 saturated carbocycles. The van der Waals surface area contributed by atoms with Crippen molar-refractivity contribution in [3.63, 3.8) is 0 Å². The molecule has 2 aromatic heterocycles. The van der Waals surface area contributed by atoms with Crippen LogP contribution in [0.25, 0.3) is 10.4 Å². The van der Waals surface area contributed by atoms with E-state index in [2.05, 4.69) is 33.5 Å². The minimum absolute atomic E-state index is 0.374. The van der Waals surface area contributed by atoms with Gasteiger partial charge in [-0.2, -0.15) is 0 Å². The van der Waals surface area contributed by atoms with E-state index in [1.807, 2.05) is 33.0 Å². The highest BCUT2D eigenvalue weighted by Gasteiger charge is 2.49. The predicted molar refractivity (Wildman–Crippen MR) is 137 cm³/mol. The fourth-order valence-electron chi connectivity index (χ4n) is 5.49. The Morgan fingerprint density at radius 2 is 1.97 bits per heavy atom. The van der Waals surface area contributed by atoms with Gasteiger partial charge in [0.15, 0.2) is 0 Å². The molecule has 184 valence electrons. The van der Waals surface area contributed by atoms with E-state index in [-0.39, 0.29) is 0 Å². The van der Waals surface area contributed by atoms with E-state index in [1.165, 1.54) is 30.6 Å². The van der Waals surface area contributed by atoms with E-state index in [4.69, 9.17) is 4.98 Å². The fourth-order valence-corrected chi connectivity index (χ4v) is 6.51. The van der Waals surface area contributed by atoms with Crippen LogP contribution in [0, 0.1) is 18.3 Å². The van der Waals surface area contributed by atoms with Crippen LogP contribution in [-0.2, 0) is 10.4 Å². The Balaban J connectivity index is 1.37. The smallest absolute Gasteiger partial charge is 0.307 e. The quantitative estimate of drug-likeness (QED) is 0.386. The second-order valence-corrected chi connectivity index (χ2v) is 11.8. The van der Waals surface area contributed by atoms with Crippen molar-refractivity contribution in [3.8, 4) is 10.4 Å². The maximum Gasteiger partial charge on any atom is 0.307 e. The molecular weight excluding hydrogens is 460 g/mol. The Kier molecular flexibility index (Phi) is 6.13. The summed E-state index contributed by atoms with van der Waals surface area (Å²) >= 11 is 1.47. The molecule has 7 nitrogen and oxygen atoms in total. The van der Waals surface area contributed by atoms with Gasteiger partial charge in [0, 0.05) is 29.7 Å². The maximum atomic E-state index is 11.7. The van der Waals surface area contributed by atoms with Crippen molar-refractivity contribution in [2.75, 3.05) is 5.32 Å². The lowest BCUT2D eigenvalue weighted by atomic mass is 9.63. The minimum Gasteiger partial charge on any atom is -0.481 e. The average molecular weight is 493 g/mol. The number of nitrogens with one attached hydrogen (secondary N) is 1. The second kappa shape index (κ2) is 8.99. The number of aliphatic hydroxyl groups is 1. The summed E-state index contributed by atoms with van der Waals surface area (Å²) in [4.78, 5) is 26.3. The molecule has 3 N–H and O–H groups in total. The number of benzene rings is 1. The van der Waals surface area contributed by atoms with E-state index in [1.54, 1.807) is 6.20 Å². The highest BCUT2D eigenvalue weighted by Crippen LogP contribution is 2.51. The molecule has 35 heavy (non-hydrogen) atoms. The van der Waals surface area contributed by atoms with E-state index in [0.29, 0.717) is 36.1 Å². The van der Waals surface area contributed by atoms with Crippen molar-refractivity contribution in [1.29, 1.82) is 0 Å². The van der Waals surface area contributed by atoms with Crippen molar-refractivity contribution in [3.05, 3.63) is 52.9 Å². The summed E-state index contributed by atoms with van der Waals surface area (Å²) in [6.07, 6.45) is 8.48. The molecule has 1 aromatic carbocycles. The number of rotatable bonds is 6. The molecule has 8 heteroatoms. The van der Waals surface area contributed by atoms with Crippen molar-refractivity contribution in [2.45, 2.75) is 70.8 Å². The third kappa shape index (κ3) is 4.82. The number of carboxylic acid groups (broad SMARTS) is 1. The lowest BCUT2D eigenvalue weighted by Gasteiger charge is -2.44. The average Bonchev–Trinajstić information content (AvgIpc) is 3.23. The van der Waals surface area contributed by atoms with Gasteiger partial charge in [-0.25, -0.2) is 15.0 Å². The van der Waals surface area contributed by atoms with Gasteiger partial charge in [0.05, 0.1) is 10.8 Å². The number of carboxylic acids is 1. The molecule has 2 aliphatic carbocycles. The first-order valence-corrected chi connectivity index (χ1v) is 13.1. The topological polar surface area (TPSA) is 108 Å². The van der Waals surface area contributed by atoms with Crippen molar-refractivity contribution < 1.29 is 15.0 Å². The first-order chi connectivity index (χ1) is 16.6. The van der Waals surface area contributed by atoms with Gasteiger partial charge in [-0.1, -0.05) is 26.3 Å². The SMILES string of the molecule is Cc1cc(Nc2nccc(C3CCC3)n2)cc(-c2cnc([C@@]3(O)CC[C@H](C(=O)O)C(C)(C)C3)s2)c1. The Hall–Kier alpha value is -2.84.